The maximum absolute atomic E-state index is 12.3. The second-order valence-corrected chi connectivity index (χ2v) is 6.45. The maximum atomic E-state index is 12.3. The van der Waals surface area contributed by atoms with Crippen LogP contribution >= 0.6 is 0 Å². The van der Waals surface area contributed by atoms with E-state index in [1.807, 2.05) is 31.3 Å². The molecule has 25 heavy (non-hydrogen) atoms. The van der Waals surface area contributed by atoms with Crippen molar-refractivity contribution >= 4 is 22.1 Å². The van der Waals surface area contributed by atoms with E-state index in [-0.39, 0.29) is 11.1 Å². The first-order chi connectivity index (χ1) is 12.1. The number of hydrogen-bond acceptors (Lipinski definition) is 4. The zero-order chi connectivity index (χ0) is 17.4. The van der Waals surface area contributed by atoms with Gasteiger partial charge in [0.15, 0.2) is 0 Å². The van der Waals surface area contributed by atoms with Crippen LogP contribution in [0.1, 0.15) is 17.0 Å². The standard InChI is InChI=1S/C20H19N3O2/c1-13-7-9-14(10-8-13)11-23(2)12-17-21-18-15-5-3-4-6-16(15)25-19(18)20(24)22-17/h3-10H,11-12H2,1-2H3,(H,21,22,24). The number of nitrogens with zero attached hydrogens (tertiary/aromatic N) is 2. The summed E-state index contributed by atoms with van der Waals surface area (Å²) in [4.78, 5) is 21.9. The molecule has 0 saturated carbocycles. The molecule has 0 bridgehead atoms. The van der Waals surface area contributed by atoms with Gasteiger partial charge in [-0.15, -0.1) is 0 Å². The Morgan fingerprint density at radius 1 is 1.08 bits per heavy atom. The fourth-order valence-electron chi connectivity index (χ4n) is 3.04. The Bertz CT molecular complexity index is 1090. The van der Waals surface area contributed by atoms with Gasteiger partial charge in [0.2, 0.25) is 5.58 Å². The van der Waals surface area contributed by atoms with Gasteiger partial charge in [-0.2, -0.15) is 0 Å². The van der Waals surface area contributed by atoms with Gasteiger partial charge < -0.3 is 9.40 Å². The van der Waals surface area contributed by atoms with Crippen LogP contribution in [-0.4, -0.2) is 21.9 Å². The normalized spacial score (nSPS) is 11.6. The Hall–Kier alpha value is -2.92. The summed E-state index contributed by atoms with van der Waals surface area (Å²) in [5.41, 5.74) is 3.82. The number of furan rings is 1. The summed E-state index contributed by atoms with van der Waals surface area (Å²) in [5.74, 6) is 0.638. The van der Waals surface area contributed by atoms with Crippen LogP contribution in [0, 0.1) is 6.92 Å². The SMILES string of the molecule is Cc1ccc(CN(C)Cc2nc3c(oc4ccccc43)c(=O)[nH]2)cc1. The number of aromatic amines is 1. The van der Waals surface area contributed by atoms with Crippen LogP contribution in [0.15, 0.2) is 57.7 Å². The molecule has 0 aliphatic heterocycles. The Morgan fingerprint density at radius 3 is 2.64 bits per heavy atom. The van der Waals surface area contributed by atoms with Gasteiger partial charge in [0.05, 0.1) is 6.54 Å². The first-order valence-electron chi connectivity index (χ1n) is 8.25. The van der Waals surface area contributed by atoms with Gasteiger partial charge in [0, 0.05) is 11.9 Å². The number of para-hydroxylation sites is 1. The molecular weight excluding hydrogens is 314 g/mol. The molecule has 2 aromatic carbocycles. The molecule has 4 rings (SSSR count). The molecule has 0 saturated heterocycles. The summed E-state index contributed by atoms with van der Waals surface area (Å²) >= 11 is 0. The number of fused-ring (bicyclic) bond motifs is 3. The molecule has 0 aliphatic rings. The van der Waals surface area contributed by atoms with Gasteiger partial charge >= 0.3 is 0 Å². The van der Waals surface area contributed by atoms with Crippen molar-refractivity contribution in [2.45, 2.75) is 20.0 Å². The fourth-order valence-corrected chi connectivity index (χ4v) is 3.04. The van der Waals surface area contributed by atoms with Crippen molar-refractivity contribution in [2.24, 2.45) is 0 Å². The average Bonchev–Trinajstić information content (AvgIpc) is 2.96. The quantitative estimate of drug-likeness (QED) is 0.620. The van der Waals surface area contributed by atoms with Crippen LogP contribution in [0.2, 0.25) is 0 Å². The molecule has 5 nitrogen and oxygen atoms in total. The van der Waals surface area contributed by atoms with Crippen molar-refractivity contribution in [1.82, 2.24) is 14.9 Å². The van der Waals surface area contributed by atoms with E-state index in [9.17, 15) is 4.79 Å². The minimum absolute atomic E-state index is 0.236. The third-order valence-corrected chi connectivity index (χ3v) is 4.27. The molecule has 0 radical (unpaired) electrons. The Morgan fingerprint density at radius 2 is 1.84 bits per heavy atom. The van der Waals surface area contributed by atoms with Gasteiger partial charge in [-0.1, -0.05) is 42.0 Å². The molecule has 5 heteroatoms. The van der Waals surface area contributed by atoms with E-state index in [2.05, 4.69) is 46.1 Å². The van der Waals surface area contributed by atoms with Crippen molar-refractivity contribution < 1.29 is 4.42 Å². The summed E-state index contributed by atoms with van der Waals surface area (Å²) in [6, 6.07) is 16.0. The van der Waals surface area contributed by atoms with Crippen molar-refractivity contribution in [2.75, 3.05) is 7.05 Å². The lowest BCUT2D eigenvalue weighted by atomic mass is 10.1. The lowest BCUT2D eigenvalue weighted by Crippen LogP contribution is -2.21. The summed E-state index contributed by atoms with van der Waals surface area (Å²) in [5, 5.41) is 0.867. The molecule has 2 heterocycles. The molecule has 126 valence electrons. The van der Waals surface area contributed by atoms with E-state index >= 15 is 0 Å². The largest absolute Gasteiger partial charge is 0.449 e. The van der Waals surface area contributed by atoms with Crippen LogP contribution in [0.3, 0.4) is 0 Å². The minimum Gasteiger partial charge on any atom is -0.449 e. The van der Waals surface area contributed by atoms with Crippen LogP contribution in [0.5, 0.6) is 0 Å². The van der Waals surface area contributed by atoms with E-state index in [0.29, 0.717) is 23.5 Å². The monoisotopic (exact) mass is 333 g/mol. The molecule has 0 amide bonds. The van der Waals surface area contributed by atoms with Crippen molar-refractivity contribution in [3.05, 3.63) is 75.8 Å². The number of aromatic nitrogens is 2. The summed E-state index contributed by atoms with van der Waals surface area (Å²) in [6.07, 6.45) is 0. The van der Waals surface area contributed by atoms with E-state index in [1.165, 1.54) is 11.1 Å². The first kappa shape index (κ1) is 15.6. The Labute approximate surface area is 144 Å². The lowest BCUT2D eigenvalue weighted by molar-refractivity contribution is 0.310. The number of hydrogen-bond donors (Lipinski definition) is 1. The molecule has 0 aliphatic carbocycles. The van der Waals surface area contributed by atoms with E-state index in [4.69, 9.17) is 4.42 Å². The average molecular weight is 333 g/mol. The summed E-state index contributed by atoms with van der Waals surface area (Å²) in [6.45, 7) is 3.42. The zero-order valence-electron chi connectivity index (χ0n) is 14.2. The van der Waals surface area contributed by atoms with Crippen LogP contribution in [0.4, 0.5) is 0 Å². The molecule has 0 unspecified atom stereocenters. The number of rotatable bonds is 4. The van der Waals surface area contributed by atoms with Gasteiger partial charge in [-0.3, -0.25) is 9.69 Å². The van der Waals surface area contributed by atoms with Gasteiger partial charge in [-0.05, 0) is 31.7 Å². The molecule has 1 N–H and O–H groups in total. The molecule has 4 aromatic rings. The fraction of sp³-hybridized carbons (Fsp3) is 0.200. The van der Waals surface area contributed by atoms with Crippen LogP contribution in [0.25, 0.3) is 22.1 Å². The zero-order valence-corrected chi connectivity index (χ0v) is 14.2. The van der Waals surface area contributed by atoms with Crippen LogP contribution in [-0.2, 0) is 13.1 Å². The van der Waals surface area contributed by atoms with Crippen molar-refractivity contribution in [3.8, 4) is 0 Å². The second kappa shape index (κ2) is 6.18. The summed E-state index contributed by atoms with van der Waals surface area (Å²) in [7, 11) is 2.01. The molecule has 0 fully saturated rings. The predicted molar refractivity (Wildman–Crippen MR) is 98.5 cm³/mol. The highest BCUT2D eigenvalue weighted by Crippen LogP contribution is 2.24. The maximum Gasteiger partial charge on any atom is 0.294 e. The van der Waals surface area contributed by atoms with E-state index in [1.54, 1.807) is 0 Å². The first-order valence-corrected chi connectivity index (χ1v) is 8.25. The second-order valence-electron chi connectivity index (χ2n) is 6.45. The lowest BCUT2D eigenvalue weighted by Gasteiger charge is -2.16. The summed E-state index contributed by atoms with van der Waals surface area (Å²) < 4.78 is 5.63. The molecule has 0 atom stereocenters. The van der Waals surface area contributed by atoms with Crippen molar-refractivity contribution in [3.63, 3.8) is 0 Å². The highest BCUT2D eigenvalue weighted by Gasteiger charge is 2.13. The molecule has 0 spiro atoms. The van der Waals surface area contributed by atoms with Crippen LogP contribution < -0.4 is 5.56 Å². The third-order valence-electron chi connectivity index (χ3n) is 4.27. The number of benzene rings is 2. The number of H-pyrrole nitrogens is 1. The van der Waals surface area contributed by atoms with Gasteiger partial charge in [0.1, 0.15) is 16.9 Å². The molecular formula is C20H19N3O2. The Balaban J connectivity index is 1.63. The highest BCUT2D eigenvalue weighted by atomic mass is 16.3. The topological polar surface area (TPSA) is 62.1 Å². The van der Waals surface area contributed by atoms with E-state index in [0.717, 1.165) is 11.9 Å². The smallest absolute Gasteiger partial charge is 0.294 e. The number of nitrogens with one attached hydrogen (secondary N) is 1. The Kier molecular flexibility index (Phi) is 3.86. The van der Waals surface area contributed by atoms with Crippen molar-refractivity contribution in [1.29, 1.82) is 0 Å². The highest BCUT2D eigenvalue weighted by molar-refractivity contribution is 6.01. The predicted octanol–water partition coefficient (Wildman–Crippen LogP) is 3.61. The molecule has 2 aromatic heterocycles. The van der Waals surface area contributed by atoms with E-state index < -0.39 is 0 Å². The minimum atomic E-state index is -0.236. The number of aryl methyl sites for hydroxylation is 1. The third kappa shape index (κ3) is 3.06. The van der Waals surface area contributed by atoms with Gasteiger partial charge in [0.25, 0.3) is 5.56 Å². The van der Waals surface area contributed by atoms with Gasteiger partial charge in [-0.25, -0.2) is 4.98 Å².